The summed E-state index contributed by atoms with van der Waals surface area (Å²) < 4.78 is 6.21. The monoisotopic (exact) mass is 466 g/mol. The van der Waals surface area contributed by atoms with E-state index >= 15 is 0 Å². The van der Waals surface area contributed by atoms with Crippen molar-refractivity contribution in [3.8, 4) is 11.1 Å². The molecule has 0 bridgehead atoms. The Bertz CT molecular complexity index is 1110. The highest BCUT2D eigenvalue weighted by Crippen LogP contribution is 2.42. The molecule has 4 heterocycles. The van der Waals surface area contributed by atoms with Crippen molar-refractivity contribution in [1.82, 2.24) is 15.3 Å². The van der Waals surface area contributed by atoms with E-state index in [1.807, 2.05) is 30.3 Å². The van der Waals surface area contributed by atoms with Crippen molar-refractivity contribution in [3.05, 3.63) is 41.5 Å². The van der Waals surface area contributed by atoms with E-state index in [1.165, 1.54) is 24.2 Å². The topological polar surface area (TPSA) is 87.6 Å². The summed E-state index contributed by atoms with van der Waals surface area (Å²) in [6.45, 7) is 5.65. The molecule has 2 aliphatic rings. The normalized spacial score (nSPS) is 20.4. The first-order chi connectivity index (χ1) is 16.2. The SMILES string of the molecule is CCOC(C1CCN(c2ncnc3sc(C(=O)O)c(-c4ccccc4)c23)CC1)C1CCCN1. The Balaban J connectivity index is 1.46. The quantitative estimate of drug-likeness (QED) is 0.533. The maximum atomic E-state index is 12.1. The predicted molar refractivity (Wildman–Crippen MR) is 131 cm³/mol. The molecule has 1 aromatic carbocycles. The van der Waals surface area contributed by atoms with Crippen LogP contribution in [0.4, 0.5) is 5.82 Å². The second-order valence-corrected chi connectivity index (χ2v) is 9.80. The maximum Gasteiger partial charge on any atom is 0.346 e. The van der Waals surface area contributed by atoms with Crippen LogP contribution in [0.1, 0.15) is 42.3 Å². The summed E-state index contributed by atoms with van der Waals surface area (Å²) >= 11 is 1.23. The van der Waals surface area contributed by atoms with Crippen LogP contribution in [0.3, 0.4) is 0 Å². The van der Waals surface area contributed by atoms with Crippen LogP contribution in [0.2, 0.25) is 0 Å². The number of carbonyl (C=O) groups is 1. The van der Waals surface area contributed by atoms with Crippen LogP contribution in [0, 0.1) is 5.92 Å². The molecule has 2 atom stereocenters. The molecule has 5 rings (SSSR count). The minimum atomic E-state index is -0.926. The lowest BCUT2D eigenvalue weighted by atomic mass is 9.86. The molecule has 2 saturated heterocycles. The van der Waals surface area contributed by atoms with Gasteiger partial charge in [0.15, 0.2) is 0 Å². The smallest absolute Gasteiger partial charge is 0.346 e. The molecule has 2 N–H and O–H groups in total. The fourth-order valence-electron chi connectivity index (χ4n) is 5.39. The Labute approximate surface area is 197 Å². The summed E-state index contributed by atoms with van der Waals surface area (Å²) in [5.74, 6) is 0.429. The second kappa shape index (κ2) is 9.75. The van der Waals surface area contributed by atoms with Gasteiger partial charge in [0.05, 0.1) is 11.5 Å². The molecular formula is C25H30N4O3S. The number of fused-ring (bicyclic) bond motifs is 1. The van der Waals surface area contributed by atoms with Crippen LogP contribution >= 0.6 is 11.3 Å². The molecule has 8 heteroatoms. The molecule has 2 fully saturated rings. The van der Waals surface area contributed by atoms with Gasteiger partial charge in [-0.05, 0) is 50.6 Å². The van der Waals surface area contributed by atoms with E-state index in [2.05, 4.69) is 27.1 Å². The van der Waals surface area contributed by atoms with Crippen molar-refractivity contribution in [1.29, 1.82) is 0 Å². The lowest BCUT2D eigenvalue weighted by molar-refractivity contribution is -0.00955. The minimum Gasteiger partial charge on any atom is -0.477 e. The van der Waals surface area contributed by atoms with Crippen molar-refractivity contribution in [3.63, 3.8) is 0 Å². The predicted octanol–water partition coefficient (Wildman–Crippen LogP) is 4.43. The number of thiophene rings is 1. The molecule has 174 valence electrons. The zero-order valence-corrected chi connectivity index (χ0v) is 19.7. The number of anilines is 1. The Kier molecular flexibility index (Phi) is 6.57. The molecule has 7 nitrogen and oxygen atoms in total. The number of benzene rings is 1. The van der Waals surface area contributed by atoms with Crippen LogP contribution in [-0.4, -0.2) is 59.4 Å². The third-order valence-corrected chi connectivity index (χ3v) is 7.97. The van der Waals surface area contributed by atoms with Gasteiger partial charge in [0.2, 0.25) is 0 Å². The first kappa shape index (κ1) is 22.3. The molecular weight excluding hydrogens is 436 g/mol. The van der Waals surface area contributed by atoms with Gasteiger partial charge in [-0.1, -0.05) is 30.3 Å². The maximum absolute atomic E-state index is 12.1. The van der Waals surface area contributed by atoms with E-state index < -0.39 is 5.97 Å². The van der Waals surface area contributed by atoms with Crippen molar-refractivity contribution in [2.24, 2.45) is 5.92 Å². The van der Waals surface area contributed by atoms with Gasteiger partial charge in [0.25, 0.3) is 0 Å². The number of carboxylic acids is 1. The minimum absolute atomic E-state index is 0.254. The van der Waals surface area contributed by atoms with E-state index in [0.29, 0.717) is 16.8 Å². The number of hydrogen-bond acceptors (Lipinski definition) is 7. The van der Waals surface area contributed by atoms with E-state index in [1.54, 1.807) is 6.33 Å². The average Bonchev–Trinajstić information content (AvgIpc) is 3.51. The number of hydrogen-bond donors (Lipinski definition) is 2. The van der Waals surface area contributed by atoms with Crippen molar-refractivity contribution < 1.29 is 14.6 Å². The lowest BCUT2D eigenvalue weighted by Gasteiger charge is -2.38. The molecule has 3 aromatic rings. The Morgan fingerprint density at radius 2 is 2.03 bits per heavy atom. The zero-order valence-electron chi connectivity index (χ0n) is 18.9. The highest BCUT2D eigenvalue weighted by molar-refractivity contribution is 7.21. The molecule has 2 aliphatic heterocycles. The molecule has 33 heavy (non-hydrogen) atoms. The van der Waals surface area contributed by atoms with Gasteiger partial charge in [-0.3, -0.25) is 0 Å². The highest BCUT2D eigenvalue weighted by atomic mass is 32.1. The molecule has 0 aliphatic carbocycles. The Morgan fingerprint density at radius 1 is 1.24 bits per heavy atom. The van der Waals surface area contributed by atoms with E-state index in [9.17, 15) is 9.90 Å². The van der Waals surface area contributed by atoms with Crippen LogP contribution in [0.15, 0.2) is 36.7 Å². The number of aromatic nitrogens is 2. The number of nitrogens with one attached hydrogen (secondary N) is 1. The fraction of sp³-hybridized carbons (Fsp3) is 0.480. The summed E-state index contributed by atoms with van der Waals surface area (Å²) in [4.78, 5) is 24.5. The van der Waals surface area contributed by atoms with Gasteiger partial charge in [-0.25, -0.2) is 14.8 Å². The number of carboxylic acid groups (broad SMARTS) is 1. The van der Waals surface area contributed by atoms with Crippen molar-refractivity contribution in [2.75, 3.05) is 31.1 Å². The van der Waals surface area contributed by atoms with Crippen LogP contribution in [-0.2, 0) is 4.74 Å². The summed E-state index contributed by atoms with van der Waals surface area (Å²) in [7, 11) is 0. The molecule has 2 aromatic heterocycles. The number of rotatable bonds is 7. The Hall–Kier alpha value is -2.55. The molecule has 0 radical (unpaired) electrons. The second-order valence-electron chi connectivity index (χ2n) is 8.80. The first-order valence-electron chi connectivity index (χ1n) is 11.8. The first-order valence-corrected chi connectivity index (χ1v) is 12.6. The van der Waals surface area contributed by atoms with Gasteiger partial charge in [-0.15, -0.1) is 11.3 Å². The number of ether oxygens (including phenoxy) is 1. The highest BCUT2D eigenvalue weighted by Gasteiger charge is 2.35. The molecule has 0 saturated carbocycles. The van der Waals surface area contributed by atoms with E-state index in [4.69, 9.17) is 4.74 Å². The van der Waals surface area contributed by atoms with Crippen molar-refractivity contribution >= 4 is 33.3 Å². The zero-order chi connectivity index (χ0) is 22.8. The van der Waals surface area contributed by atoms with Crippen LogP contribution in [0.25, 0.3) is 21.3 Å². The Morgan fingerprint density at radius 3 is 2.70 bits per heavy atom. The van der Waals surface area contributed by atoms with Gasteiger partial charge >= 0.3 is 5.97 Å². The van der Waals surface area contributed by atoms with Crippen molar-refractivity contribution in [2.45, 2.75) is 44.8 Å². The largest absolute Gasteiger partial charge is 0.477 e. The van der Waals surface area contributed by atoms with E-state index in [-0.39, 0.29) is 6.10 Å². The molecule has 0 spiro atoms. The summed E-state index contributed by atoms with van der Waals surface area (Å²) in [6.07, 6.45) is 6.29. The third-order valence-electron chi connectivity index (χ3n) is 6.88. The van der Waals surface area contributed by atoms with Gasteiger partial charge < -0.3 is 20.1 Å². The summed E-state index contributed by atoms with van der Waals surface area (Å²) in [5.41, 5.74) is 1.61. The summed E-state index contributed by atoms with van der Waals surface area (Å²) in [5, 5.41) is 14.4. The van der Waals surface area contributed by atoms with Gasteiger partial charge in [0.1, 0.15) is 21.9 Å². The lowest BCUT2D eigenvalue weighted by Crippen LogP contribution is -2.46. The van der Waals surface area contributed by atoms with Gasteiger partial charge in [0, 0.05) is 31.3 Å². The number of aromatic carboxylic acids is 1. The van der Waals surface area contributed by atoms with Crippen LogP contribution in [0.5, 0.6) is 0 Å². The molecule has 0 amide bonds. The van der Waals surface area contributed by atoms with Crippen LogP contribution < -0.4 is 10.2 Å². The summed E-state index contributed by atoms with van der Waals surface area (Å²) in [6, 6.07) is 10.2. The fourth-order valence-corrected chi connectivity index (χ4v) is 6.39. The van der Waals surface area contributed by atoms with E-state index in [0.717, 1.165) is 66.2 Å². The number of nitrogens with zero attached hydrogens (tertiary/aromatic N) is 3. The number of piperidine rings is 1. The molecule has 2 unspecified atom stereocenters. The third kappa shape index (κ3) is 4.35. The van der Waals surface area contributed by atoms with Gasteiger partial charge in [-0.2, -0.15) is 0 Å². The standard InChI is InChI=1S/C25H30N4O3S/c1-2-32-21(18-9-6-12-26-18)17-10-13-29(14-11-17)23-20-19(16-7-4-3-5-8-16)22(25(30)31)33-24(20)28-15-27-23/h3-5,7-8,15,17-18,21,26H,2,6,9-14H2,1H3,(H,30,31). The average molecular weight is 467 g/mol.